The lowest BCUT2D eigenvalue weighted by Gasteiger charge is -2.28. The minimum absolute atomic E-state index is 0.0597. The molecule has 39 heavy (non-hydrogen) atoms. The average molecular weight is 625 g/mol. The predicted molar refractivity (Wildman–Crippen MR) is 157 cm³/mol. The molecule has 6 nitrogen and oxygen atoms in total. The summed E-state index contributed by atoms with van der Waals surface area (Å²) < 4.78 is 28.6. The Morgan fingerprint density at radius 2 is 1.67 bits per heavy atom. The summed E-state index contributed by atoms with van der Waals surface area (Å²) in [6.07, 6.45) is 3.86. The SMILES string of the molecule is O=C(CN(C1CC1)S(=O)(=O)c1cc(Cl)ccc1Cl)N(CCc1c[nH]c2ccccc12)Cc1ccc(Cl)c(Cl)c1. The highest BCUT2D eigenvalue weighted by Crippen LogP contribution is 2.35. The minimum atomic E-state index is -4.07. The average Bonchev–Trinajstić information content (AvgIpc) is 3.67. The van der Waals surface area contributed by atoms with Crippen molar-refractivity contribution >= 4 is 73.2 Å². The molecule has 1 fully saturated rings. The van der Waals surface area contributed by atoms with Crippen molar-refractivity contribution in [2.45, 2.75) is 36.7 Å². The van der Waals surface area contributed by atoms with Crippen molar-refractivity contribution in [1.29, 1.82) is 0 Å². The molecule has 0 spiro atoms. The van der Waals surface area contributed by atoms with Gasteiger partial charge >= 0.3 is 0 Å². The van der Waals surface area contributed by atoms with Gasteiger partial charge in [0, 0.05) is 41.3 Å². The van der Waals surface area contributed by atoms with Gasteiger partial charge in [0.25, 0.3) is 0 Å². The molecule has 1 heterocycles. The molecular weight excluding hydrogens is 600 g/mol. The van der Waals surface area contributed by atoms with Gasteiger partial charge in [0.15, 0.2) is 0 Å². The molecule has 0 radical (unpaired) electrons. The largest absolute Gasteiger partial charge is 0.361 e. The molecule has 1 aromatic heterocycles. The maximum Gasteiger partial charge on any atom is 0.245 e. The maximum absolute atomic E-state index is 13.8. The second-order valence-electron chi connectivity index (χ2n) is 9.53. The van der Waals surface area contributed by atoms with E-state index in [0.717, 1.165) is 22.0 Å². The fourth-order valence-electron chi connectivity index (χ4n) is 4.55. The Morgan fingerprint density at radius 1 is 0.923 bits per heavy atom. The van der Waals surface area contributed by atoms with E-state index in [9.17, 15) is 13.2 Å². The number of para-hydroxylation sites is 1. The monoisotopic (exact) mass is 623 g/mol. The predicted octanol–water partition coefficient (Wildman–Crippen LogP) is 7.21. The van der Waals surface area contributed by atoms with Crippen LogP contribution < -0.4 is 0 Å². The van der Waals surface area contributed by atoms with Crippen molar-refractivity contribution in [3.8, 4) is 0 Å². The zero-order valence-corrected chi connectivity index (χ0v) is 24.6. The Kier molecular flexibility index (Phi) is 8.48. The molecule has 0 atom stereocenters. The third kappa shape index (κ3) is 6.40. The van der Waals surface area contributed by atoms with Gasteiger partial charge < -0.3 is 9.88 Å². The number of carbonyl (C=O) groups excluding carboxylic acids is 1. The summed E-state index contributed by atoms with van der Waals surface area (Å²) in [5.41, 5.74) is 2.87. The van der Waals surface area contributed by atoms with E-state index in [2.05, 4.69) is 4.98 Å². The summed E-state index contributed by atoms with van der Waals surface area (Å²) >= 11 is 24.7. The van der Waals surface area contributed by atoms with Crippen molar-refractivity contribution in [2.24, 2.45) is 0 Å². The van der Waals surface area contributed by atoms with E-state index < -0.39 is 10.0 Å². The van der Waals surface area contributed by atoms with E-state index in [1.54, 1.807) is 23.1 Å². The minimum Gasteiger partial charge on any atom is -0.361 e. The lowest BCUT2D eigenvalue weighted by molar-refractivity contribution is -0.132. The number of rotatable bonds is 10. The molecule has 204 valence electrons. The molecule has 0 saturated heterocycles. The number of nitrogens with one attached hydrogen (secondary N) is 1. The second-order valence-corrected chi connectivity index (χ2v) is 13.0. The quantitative estimate of drug-likeness (QED) is 0.203. The van der Waals surface area contributed by atoms with Crippen LogP contribution in [0.5, 0.6) is 0 Å². The molecule has 0 aliphatic heterocycles. The number of aromatic amines is 1. The first-order valence-corrected chi connectivity index (χ1v) is 15.3. The number of benzene rings is 3. The number of aromatic nitrogens is 1. The van der Waals surface area contributed by atoms with Crippen LogP contribution in [0.4, 0.5) is 0 Å². The van der Waals surface area contributed by atoms with Crippen LogP contribution in [0.3, 0.4) is 0 Å². The lowest BCUT2D eigenvalue weighted by Crippen LogP contribution is -2.44. The normalized spacial score (nSPS) is 13.8. The van der Waals surface area contributed by atoms with E-state index in [-0.39, 0.29) is 40.0 Å². The van der Waals surface area contributed by atoms with Crippen LogP contribution in [0.25, 0.3) is 10.9 Å². The van der Waals surface area contributed by atoms with Crippen LogP contribution in [0.15, 0.2) is 71.8 Å². The molecular formula is C28H25Cl4N3O3S. The number of amides is 1. The van der Waals surface area contributed by atoms with Crippen LogP contribution in [-0.4, -0.2) is 47.6 Å². The van der Waals surface area contributed by atoms with Crippen molar-refractivity contribution in [2.75, 3.05) is 13.1 Å². The van der Waals surface area contributed by atoms with Crippen molar-refractivity contribution in [1.82, 2.24) is 14.2 Å². The van der Waals surface area contributed by atoms with Crippen LogP contribution in [0, 0.1) is 0 Å². The molecule has 1 amide bonds. The summed E-state index contributed by atoms with van der Waals surface area (Å²) in [7, 11) is -4.07. The summed E-state index contributed by atoms with van der Waals surface area (Å²) in [4.78, 5) is 18.6. The molecule has 5 rings (SSSR count). The first kappa shape index (κ1) is 28.3. The Morgan fingerprint density at radius 3 is 2.41 bits per heavy atom. The van der Waals surface area contributed by atoms with Gasteiger partial charge in [-0.05, 0) is 66.8 Å². The van der Waals surface area contributed by atoms with Crippen molar-refractivity contribution in [3.05, 3.63) is 98.1 Å². The maximum atomic E-state index is 13.8. The number of hydrogen-bond acceptors (Lipinski definition) is 3. The fraction of sp³-hybridized carbons (Fsp3) is 0.250. The number of H-pyrrole nitrogens is 1. The van der Waals surface area contributed by atoms with Crippen LogP contribution >= 0.6 is 46.4 Å². The molecule has 1 N–H and O–H groups in total. The van der Waals surface area contributed by atoms with Crippen molar-refractivity contribution in [3.63, 3.8) is 0 Å². The molecule has 0 unspecified atom stereocenters. The molecule has 1 aliphatic carbocycles. The van der Waals surface area contributed by atoms with Gasteiger partial charge in [-0.25, -0.2) is 8.42 Å². The van der Waals surface area contributed by atoms with Gasteiger partial charge in [0.05, 0.1) is 21.6 Å². The highest BCUT2D eigenvalue weighted by atomic mass is 35.5. The highest BCUT2D eigenvalue weighted by Gasteiger charge is 2.41. The van der Waals surface area contributed by atoms with Gasteiger partial charge in [-0.15, -0.1) is 0 Å². The summed E-state index contributed by atoms with van der Waals surface area (Å²) in [6, 6.07) is 17.2. The molecule has 3 aromatic carbocycles. The fourth-order valence-corrected chi connectivity index (χ4v) is 7.25. The number of fused-ring (bicyclic) bond motifs is 1. The lowest BCUT2D eigenvalue weighted by atomic mass is 10.1. The van der Waals surface area contributed by atoms with Gasteiger partial charge in [-0.2, -0.15) is 4.31 Å². The molecule has 4 aromatic rings. The van der Waals surface area contributed by atoms with E-state index in [0.29, 0.717) is 35.9 Å². The number of hydrogen-bond donors (Lipinski definition) is 1. The molecule has 11 heteroatoms. The van der Waals surface area contributed by atoms with Crippen LogP contribution in [0.1, 0.15) is 24.0 Å². The summed E-state index contributed by atoms with van der Waals surface area (Å²) in [6.45, 7) is 0.303. The number of halogens is 4. The van der Waals surface area contributed by atoms with Gasteiger partial charge in [0.2, 0.25) is 15.9 Å². The van der Waals surface area contributed by atoms with E-state index in [1.807, 2.05) is 30.5 Å². The number of sulfonamides is 1. The van der Waals surface area contributed by atoms with E-state index in [4.69, 9.17) is 46.4 Å². The number of carbonyl (C=O) groups is 1. The van der Waals surface area contributed by atoms with E-state index >= 15 is 0 Å². The Labute approximate surface area is 247 Å². The third-order valence-electron chi connectivity index (χ3n) is 6.76. The smallest absolute Gasteiger partial charge is 0.245 e. The first-order valence-electron chi connectivity index (χ1n) is 12.4. The zero-order valence-electron chi connectivity index (χ0n) is 20.7. The topological polar surface area (TPSA) is 73.5 Å². The highest BCUT2D eigenvalue weighted by molar-refractivity contribution is 7.89. The Balaban J connectivity index is 1.42. The molecule has 0 bridgehead atoms. The zero-order chi connectivity index (χ0) is 27.7. The summed E-state index contributed by atoms with van der Waals surface area (Å²) in [5, 5.41) is 2.19. The van der Waals surface area contributed by atoms with Gasteiger partial charge in [-0.1, -0.05) is 70.7 Å². The third-order valence-corrected chi connectivity index (χ3v) is 10.1. The number of nitrogens with zero attached hydrogens (tertiary/aromatic N) is 2. The standard InChI is InChI=1S/C28H25Cl4N3O3S/c29-20-6-10-24(31)27(14-20)39(37,38)35(21-7-8-21)17-28(36)34(16-18-5-9-23(30)25(32)13-18)12-11-19-15-33-26-4-2-1-3-22(19)26/h1-6,9-10,13-15,21,33H,7-8,11-12,16-17H2. The van der Waals surface area contributed by atoms with Crippen molar-refractivity contribution < 1.29 is 13.2 Å². The Hall–Kier alpha value is -2.26. The first-order chi connectivity index (χ1) is 18.6. The van der Waals surface area contributed by atoms with Gasteiger partial charge in [0.1, 0.15) is 4.90 Å². The van der Waals surface area contributed by atoms with Crippen LogP contribution in [0.2, 0.25) is 20.1 Å². The molecule has 1 saturated carbocycles. The molecule has 1 aliphatic rings. The summed E-state index contributed by atoms with van der Waals surface area (Å²) in [5.74, 6) is -0.325. The van der Waals surface area contributed by atoms with E-state index in [1.165, 1.54) is 22.5 Å². The Bertz CT molecular complexity index is 1640. The second kappa shape index (κ2) is 11.7. The van der Waals surface area contributed by atoms with Gasteiger partial charge in [-0.3, -0.25) is 4.79 Å². The van der Waals surface area contributed by atoms with Crippen LogP contribution in [-0.2, 0) is 27.8 Å².